The maximum absolute atomic E-state index is 12.7. The van der Waals surface area contributed by atoms with Gasteiger partial charge in [0, 0.05) is 72.6 Å². The van der Waals surface area contributed by atoms with Gasteiger partial charge < -0.3 is 31.6 Å². The number of carbonyl (C=O) groups excluding carboxylic acids is 2. The van der Waals surface area contributed by atoms with Gasteiger partial charge in [0.15, 0.2) is 0 Å². The molecule has 0 bridgehead atoms. The van der Waals surface area contributed by atoms with Gasteiger partial charge in [-0.1, -0.05) is 12.1 Å². The molecule has 6 N–H and O–H groups in total. The van der Waals surface area contributed by atoms with Gasteiger partial charge in [-0.25, -0.2) is 19.9 Å². The van der Waals surface area contributed by atoms with Crippen molar-refractivity contribution in [2.75, 3.05) is 36.3 Å². The van der Waals surface area contributed by atoms with E-state index in [0.29, 0.717) is 23.3 Å². The van der Waals surface area contributed by atoms with Crippen molar-refractivity contribution in [1.29, 1.82) is 0 Å². The third-order valence-electron chi connectivity index (χ3n) is 12.0. The van der Waals surface area contributed by atoms with Crippen molar-refractivity contribution >= 4 is 56.6 Å². The Hall–Kier alpha value is -7.88. The number of nitrogens with one attached hydrogen (secondary N) is 2. The standard InChI is InChI=1S/2C24H24N6O2/c2*1-13-4-5-16(32-3)8-17(13)21-6-14-7-22(26-11-20(14)23(25)28-21)29-24(31)19-9-18(19)15-10-27-30(2)12-15/h2*4-8,10-12,18-19H,9H2,1-3H3,(H2,25,28)(H,26,29,31)/t2*18-,19+/m10/s1. The number of amides is 2. The number of nitrogens with zero attached hydrogens (tertiary/aromatic N) is 8. The topological polar surface area (TPSA) is 216 Å². The Balaban J connectivity index is 0.000000162. The molecule has 2 aromatic carbocycles. The zero-order valence-corrected chi connectivity index (χ0v) is 36.3. The molecule has 8 aromatic rings. The third kappa shape index (κ3) is 8.49. The molecule has 64 heavy (non-hydrogen) atoms. The smallest absolute Gasteiger partial charge is 0.229 e. The van der Waals surface area contributed by atoms with Crippen molar-refractivity contribution in [2.24, 2.45) is 25.9 Å². The van der Waals surface area contributed by atoms with Crippen molar-refractivity contribution in [3.05, 3.63) is 120 Å². The van der Waals surface area contributed by atoms with Crippen LogP contribution >= 0.6 is 0 Å². The fourth-order valence-corrected chi connectivity index (χ4v) is 8.18. The maximum Gasteiger partial charge on any atom is 0.229 e. The van der Waals surface area contributed by atoms with E-state index in [1.807, 2.05) is 113 Å². The van der Waals surface area contributed by atoms with Gasteiger partial charge in [-0.3, -0.25) is 19.0 Å². The van der Waals surface area contributed by atoms with Crippen molar-refractivity contribution in [3.8, 4) is 34.0 Å². The Morgan fingerprint density at radius 1 is 0.625 bits per heavy atom. The van der Waals surface area contributed by atoms with Crippen LogP contribution in [-0.4, -0.2) is 65.5 Å². The van der Waals surface area contributed by atoms with E-state index >= 15 is 0 Å². The monoisotopic (exact) mass is 856 g/mol. The number of benzene rings is 2. The summed E-state index contributed by atoms with van der Waals surface area (Å²) in [7, 11) is 7.02. The summed E-state index contributed by atoms with van der Waals surface area (Å²) in [4.78, 5) is 43.4. The van der Waals surface area contributed by atoms with E-state index in [0.717, 1.165) is 90.7 Å². The van der Waals surface area contributed by atoms with Crippen LogP contribution in [0.5, 0.6) is 11.5 Å². The molecule has 2 aliphatic carbocycles. The summed E-state index contributed by atoms with van der Waals surface area (Å²) in [6, 6.07) is 19.3. The van der Waals surface area contributed by atoms with Crippen molar-refractivity contribution in [1.82, 2.24) is 39.5 Å². The molecule has 10 rings (SSSR count). The zero-order chi connectivity index (χ0) is 44.8. The number of methoxy groups -OCH3 is 2. The molecule has 0 aliphatic heterocycles. The van der Waals surface area contributed by atoms with Crippen LogP contribution in [0.15, 0.2) is 97.8 Å². The average molecular weight is 857 g/mol. The summed E-state index contributed by atoms with van der Waals surface area (Å²) in [5, 5.41) is 17.5. The first kappa shape index (κ1) is 41.5. The number of nitrogen functional groups attached to an aromatic ring is 2. The van der Waals surface area contributed by atoms with E-state index in [2.05, 4.69) is 40.8 Å². The maximum atomic E-state index is 12.7. The molecule has 6 aromatic heterocycles. The molecule has 0 radical (unpaired) electrons. The van der Waals surface area contributed by atoms with Crippen molar-refractivity contribution in [2.45, 2.75) is 38.5 Å². The van der Waals surface area contributed by atoms with Crippen LogP contribution in [0.25, 0.3) is 44.1 Å². The van der Waals surface area contributed by atoms with Crippen LogP contribution in [0.2, 0.25) is 0 Å². The highest BCUT2D eigenvalue weighted by atomic mass is 16.5. The normalized spacial score (nSPS) is 17.3. The average Bonchev–Trinajstić information content (AvgIpc) is 4.18. The Morgan fingerprint density at radius 3 is 1.42 bits per heavy atom. The lowest BCUT2D eigenvalue weighted by molar-refractivity contribution is -0.118. The van der Waals surface area contributed by atoms with Crippen molar-refractivity contribution in [3.63, 3.8) is 0 Å². The Morgan fingerprint density at radius 2 is 1.05 bits per heavy atom. The lowest BCUT2D eigenvalue weighted by Crippen LogP contribution is -2.15. The second-order valence-electron chi connectivity index (χ2n) is 16.5. The highest BCUT2D eigenvalue weighted by Crippen LogP contribution is 2.49. The molecular weight excluding hydrogens is 809 g/mol. The summed E-state index contributed by atoms with van der Waals surface area (Å²) in [6.45, 7) is 4.03. The second kappa shape index (κ2) is 16.8. The van der Waals surface area contributed by atoms with Crippen LogP contribution in [0.4, 0.5) is 23.3 Å². The van der Waals surface area contributed by atoms with Gasteiger partial charge in [0.05, 0.1) is 38.0 Å². The van der Waals surface area contributed by atoms with Crippen LogP contribution in [0, 0.1) is 25.7 Å². The minimum absolute atomic E-state index is 0.0309. The number of ether oxygens (including phenoxy) is 2. The van der Waals surface area contributed by atoms with Gasteiger partial charge in [0.1, 0.15) is 34.8 Å². The number of nitrogens with two attached hydrogens (primary N) is 2. The summed E-state index contributed by atoms with van der Waals surface area (Å²) < 4.78 is 14.2. The summed E-state index contributed by atoms with van der Waals surface area (Å²) in [5.74, 6) is 3.53. The fraction of sp³-hybridized carbons (Fsp3) is 0.250. The largest absolute Gasteiger partial charge is 0.497 e. The first-order chi connectivity index (χ1) is 30.8. The van der Waals surface area contributed by atoms with E-state index in [1.54, 1.807) is 36.0 Å². The quantitative estimate of drug-likeness (QED) is 0.106. The molecular formula is C48H48N12O4. The predicted octanol–water partition coefficient (Wildman–Crippen LogP) is 7.34. The van der Waals surface area contributed by atoms with Crippen LogP contribution in [0.3, 0.4) is 0 Å². The number of aryl methyl sites for hydroxylation is 4. The molecule has 4 atom stereocenters. The number of carbonyl (C=O) groups is 2. The number of hydrogen-bond donors (Lipinski definition) is 4. The highest BCUT2D eigenvalue weighted by Gasteiger charge is 2.45. The second-order valence-corrected chi connectivity index (χ2v) is 16.5. The van der Waals surface area contributed by atoms with Crippen LogP contribution in [0.1, 0.15) is 46.9 Å². The molecule has 2 aliphatic rings. The number of rotatable bonds is 10. The van der Waals surface area contributed by atoms with E-state index in [-0.39, 0.29) is 35.5 Å². The Kier molecular flexibility index (Phi) is 10.9. The minimum Gasteiger partial charge on any atom is -0.497 e. The van der Waals surface area contributed by atoms with Gasteiger partial charge in [-0.2, -0.15) is 10.2 Å². The van der Waals surface area contributed by atoms with Gasteiger partial charge in [0.2, 0.25) is 11.8 Å². The molecule has 6 heterocycles. The number of fused-ring (bicyclic) bond motifs is 2. The van der Waals surface area contributed by atoms with Crippen molar-refractivity contribution < 1.29 is 19.1 Å². The fourth-order valence-electron chi connectivity index (χ4n) is 8.18. The lowest BCUT2D eigenvalue weighted by atomic mass is 10.0. The van der Waals surface area contributed by atoms with Crippen LogP contribution in [-0.2, 0) is 23.7 Å². The molecule has 0 unspecified atom stereocenters. The summed E-state index contributed by atoms with van der Waals surface area (Å²) in [6.07, 6.45) is 12.5. The van der Waals surface area contributed by atoms with Gasteiger partial charge in [-0.05, 0) is 120 Å². The van der Waals surface area contributed by atoms with Crippen LogP contribution < -0.4 is 31.6 Å². The summed E-state index contributed by atoms with van der Waals surface area (Å²) in [5.41, 5.74) is 20.2. The number of anilines is 4. The molecule has 16 heteroatoms. The number of aromatic nitrogens is 8. The Labute approximate surface area is 369 Å². The minimum atomic E-state index is -0.0609. The zero-order valence-electron chi connectivity index (χ0n) is 36.3. The van der Waals surface area contributed by atoms with E-state index in [1.165, 1.54) is 0 Å². The third-order valence-corrected chi connectivity index (χ3v) is 12.0. The van der Waals surface area contributed by atoms with E-state index in [4.69, 9.17) is 20.9 Å². The molecule has 0 spiro atoms. The molecule has 2 saturated carbocycles. The van der Waals surface area contributed by atoms with Gasteiger partial charge >= 0.3 is 0 Å². The van der Waals surface area contributed by atoms with E-state index < -0.39 is 0 Å². The Bertz CT molecular complexity index is 2900. The molecule has 2 amide bonds. The molecule has 324 valence electrons. The van der Waals surface area contributed by atoms with Gasteiger partial charge in [0.25, 0.3) is 0 Å². The first-order valence-corrected chi connectivity index (χ1v) is 20.9. The number of pyridine rings is 4. The summed E-state index contributed by atoms with van der Waals surface area (Å²) >= 11 is 0. The molecule has 0 saturated heterocycles. The predicted molar refractivity (Wildman–Crippen MR) is 247 cm³/mol. The molecule has 16 nitrogen and oxygen atoms in total. The molecule has 2 fully saturated rings. The SMILES string of the molecule is COc1ccc(C)c(-c2cc3cc(NC(=O)[C@@H]4C[C@H]4c4cnn(C)c4)ncc3c(N)n2)c1.COc1ccc(C)c(-c2cc3cc(NC(=O)[C@H]4C[C@@H]4c4cnn(C)c4)ncc3c(N)n2)c1. The lowest BCUT2D eigenvalue weighted by Gasteiger charge is -2.11. The van der Waals surface area contributed by atoms with Gasteiger partial charge in [-0.15, -0.1) is 0 Å². The number of hydrogen-bond acceptors (Lipinski definition) is 12. The highest BCUT2D eigenvalue weighted by molar-refractivity contribution is 6.00. The van der Waals surface area contributed by atoms with E-state index in [9.17, 15) is 9.59 Å². The first-order valence-electron chi connectivity index (χ1n) is 20.9.